The fraction of sp³-hybridized carbons (Fsp3) is 0.962. The van der Waals surface area contributed by atoms with E-state index < -0.39 is 160 Å². The standard InChI is InChI=1S/C53H90O22/c1-23(2)10-9-14-53(8,75-48-44(67)40(63)37(60)29(73-48)22-70-46-42(65)38(61)35(58)27(19-54)71-46)24-11-16-52(7)33(24)25(55)18-31-50(5)15-13-32(49(3,4)30(50)12-17-51(31,52)6)74-47-43(66)39(62)36(59)28(72-47)21-69-45-41(64)34(57)26(56)20-68-45/h10,24-48,54-67H,9,11-22H2,1-8H3/t24-,25+,26+,27+,28+,29+,30-,31+,32-,33-,34-,35+,36+,37+,38-,39-,40-,41+,42+,43+,44+,45-,46+,47-,48-,50-,51+,52+,53-/m0/s1. The van der Waals surface area contributed by atoms with Gasteiger partial charge in [-0.3, -0.25) is 0 Å². The average molecular weight is 1080 g/mol. The van der Waals surface area contributed by atoms with E-state index in [1.807, 2.05) is 20.8 Å². The van der Waals surface area contributed by atoms with Crippen LogP contribution in [0, 0.1) is 45.3 Å². The molecular formula is C53H90O22. The second-order valence-corrected chi connectivity index (χ2v) is 25.3. The molecule has 0 aromatic rings. The summed E-state index contributed by atoms with van der Waals surface area (Å²) in [6.07, 6.45) is -22.0. The summed E-state index contributed by atoms with van der Waals surface area (Å²) in [5.74, 6) is -0.331. The molecule has 22 nitrogen and oxygen atoms in total. The van der Waals surface area contributed by atoms with E-state index in [1.54, 1.807) is 0 Å². The summed E-state index contributed by atoms with van der Waals surface area (Å²) < 4.78 is 48.1. The number of hydrogen-bond donors (Lipinski definition) is 14. The van der Waals surface area contributed by atoms with Gasteiger partial charge in [0.25, 0.3) is 0 Å². The molecule has 8 fully saturated rings. The Morgan fingerprint density at radius 3 is 1.72 bits per heavy atom. The third-order valence-corrected chi connectivity index (χ3v) is 20.5. The Balaban J connectivity index is 0.976. The molecule has 4 saturated carbocycles. The SMILES string of the molecule is CC(C)=CCC[C@](C)(O[C@@H]1O[C@H](CO[C@@H]2O[C@H](CO)[C@@H](O)[C@H](O)[C@H]2O)[C@@H](O)[C@H](O)[C@H]1O)[C@H]1CC[C@]2(C)[C@@H]1[C@H](O)C[C@@H]1[C@@]3(C)CC[C@H](O[C@@H]4O[C@H](CO[C@@H]5OC[C@@H](O)[C@H](O)[C@H]5O)[C@@H](O)[C@H](O)[C@H]4O)C(C)(C)[C@@H]3CC[C@]12C. The van der Waals surface area contributed by atoms with Gasteiger partial charge in [0.2, 0.25) is 0 Å². The lowest BCUT2D eigenvalue weighted by Crippen LogP contribution is -2.67. The van der Waals surface area contributed by atoms with Gasteiger partial charge in [0, 0.05) is 0 Å². The Morgan fingerprint density at radius 1 is 0.573 bits per heavy atom. The molecule has 434 valence electrons. The van der Waals surface area contributed by atoms with Gasteiger partial charge in [-0.15, -0.1) is 0 Å². The smallest absolute Gasteiger partial charge is 0.187 e. The van der Waals surface area contributed by atoms with Gasteiger partial charge in [0.05, 0.1) is 44.2 Å². The van der Waals surface area contributed by atoms with Crippen molar-refractivity contribution in [2.45, 2.75) is 248 Å². The first kappa shape index (κ1) is 60.0. The van der Waals surface area contributed by atoms with Crippen LogP contribution in [0.25, 0.3) is 0 Å². The molecule has 0 aromatic heterocycles. The second kappa shape index (κ2) is 22.7. The first-order valence-electron chi connectivity index (χ1n) is 27.3. The van der Waals surface area contributed by atoms with E-state index in [0.29, 0.717) is 32.1 Å². The van der Waals surface area contributed by atoms with Crippen LogP contribution < -0.4 is 0 Å². The average Bonchev–Trinajstić information content (AvgIpc) is 3.75. The zero-order valence-corrected chi connectivity index (χ0v) is 44.7. The molecule has 22 heteroatoms. The molecule has 14 N–H and O–H groups in total. The first-order chi connectivity index (χ1) is 35.1. The van der Waals surface area contributed by atoms with Crippen LogP contribution in [0.2, 0.25) is 0 Å². The van der Waals surface area contributed by atoms with Gasteiger partial charge in [-0.05, 0) is 124 Å². The van der Waals surface area contributed by atoms with Crippen molar-refractivity contribution in [3.05, 3.63) is 11.6 Å². The van der Waals surface area contributed by atoms with Crippen LogP contribution >= 0.6 is 0 Å². The highest BCUT2D eigenvalue weighted by atomic mass is 16.7. The Hall–Kier alpha value is -1.14. The highest BCUT2D eigenvalue weighted by Gasteiger charge is 2.72. The van der Waals surface area contributed by atoms with Crippen molar-refractivity contribution in [3.8, 4) is 0 Å². The predicted molar refractivity (Wildman–Crippen MR) is 260 cm³/mol. The molecule has 4 aliphatic heterocycles. The van der Waals surface area contributed by atoms with E-state index in [1.165, 1.54) is 0 Å². The maximum atomic E-state index is 12.8. The normalized spacial score (nSPS) is 52.7. The van der Waals surface area contributed by atoms with Crippen molar-refractivity contribution < 1.29 is 109 Å². The van der Waals surface area contributed by atoms with Crippen LogP contribution in [0.15, 0.2) is 11.6 Å². The van der Waals surface area contributed by atoms with Crippen LogP contribution in [-0.2, 0) is 37.9 Å². The molecule has 0 aromatic carbocycles. The summed E-state index contributed by atoms with van der Waals surface area (Å²) in [5.41, 5.74) is -1.37. The lowest BCUT2D eigenvalue weighted by atomic mass is 9.35. The topological polar surface area (TPSA) is 357 Å². The van der Waals surface area contributed by atoms with Gasteiger partial charge in [0.1, 0.15) is 91.6 Å². The molecular weight excluding hydrogens is 989 g/mol. The number of aliphatic hydroxyl groups is 14. The van der Waals surface area contributed by atoms with E-state index >= 15 is 0 Å². The molecule has 8 rings (SSSR count). The number of allylic oxidation sites excluding steroid dienone is 2. The fourth-order valence-corrected chi connectivity index (χ4v) is 15.9. The summed E-state index contributed by atoms with van der Waals surface area (Å²) in [6.45, 7) is 15.4. The molecule has 0 amide bonds. The van der Waals surface area contributed by atoms with E-state index in [4.69, 9.17) is 37.9 Å². The fourth-order valence-electron chi connectivity index (χ4n) is 15.9. The lowest BCUT2D eigenvalue weighted by molar-refractivity contribution is -0.350. The molecule has 0 unspecified atom stereocenters. The number of aliphatic hydroxyl groups excluding tert-OH is 14. The van der Waals surface area contributed by atoms with Crippen molar-refractivity contribution in [3.63, 3.8) is 0 Å². The van der Waals surface area contributed by atoms with Gasteiger partial charge >= 0.3 is 0 Å². The van der Waals surface area contributed by atoms with Crippen LogP contribution in [0.5, 0.6) is 0 Å². The third-order valence-electron chi connectivity index (χ3n) is 20.5. The monoisotopic (exact) mass is 1080 g/mol. The van der Waals surface area contributed by atoms with E-state index in [2.05, 4.69) is 40.7 Å². The molecule has 4 aliphatic carbocycles. The minimum Gasteiger partial charge on any atom is -0.394 e. The number of rotatable bonds is 15. The van der Waals surface area contributed by atoms with Gasteiger partial charge < -0.3 is 109 Å². The summed E-state index contributed by atoms with van der Waals surface area (Å²) in [6, 6.07) is 0. The van der Waals surface area contributed by atoms with Crippen LogP contribution in [0.1, 0.15) is 113 Å². The van der Waals surface area contributed by atoms with E-state index in [9.17, 15) is 71.5 Å². The molecule has 75 heavy (non-hydrogen) atoms. The van der Waals surface area contributed by atoms with Crippen molar-refractivity contribution >= 4 is 0 Å². The maximum Gasteiger partial charge on any atom is 0.187 e. The Labute approximate surface area is 439 Å². The van der Waals surface area contributed by atoms with Crippen LogP contribution in [-0.4, -0.2) is 232 Å². The zero-order chi connectivity index (χ0) is 55.1. The van der Waals surface area contributed by atoms with Gasteiger partial charge in [0.15, 0.2) is 25.2 Å². The molecule has 8 aliphatic rings. The maximum absolute atomic E-state index is 12.8. The predicted octanol–water partition coefficient (Wildman–Crippen LogP) is -1.56. The van der Waals surface area contributed by atoms with Crippen molar-refractivity contribution in [2.75, 3.05) is 26.4 Å². The van der Waals surface area contributed by atoms with E-state index in [0.717, 1.165) is 31.3 Å². The summed E-state index contributed by atoms with van der Waals surface area (Å²) in [7, 11) is 0. The van der Waals surface area contributed by atoms with Crippen LogP contribution in [0.3, 0.4) is 0 Å². The van der Waals surface area contributed by atoms with Gasteiger partial charge in [-0.1, -0.05) is 46.3 Å². The zero-order valence-electron chi connectivity index (χ0n) is 44.7. The molecule has 0 radical (unpaired) electrons. The molecule has 4 heterocycles. The largest absolute Gasteiger partial charge is 0.394 e. The third kappa shape index (κ3) is 10.7. The van der Waals surface area contributed by atoms with Crippen molar-refractivity contribution in [1.82, 2.24) is 0 Å². The summed E-state index contributed by atoms with van der Waals surface area (Å²) in [5, 5.41) is 151. The second-order valence-electron chi connectivity index (χ2n) is 25.3. The Kier molecular flexibility index (Phi) is 18.1. The quantitative estimate of drug-likeness (QED) is 0.0651. The molecule has 0 spiro atoms. The summed E-state index contributed by atoms with van der Waals surface area (Å²) >= 11 is 0. The number of hydrogen-bond acceptors (Lipinski definition) is 22. The Bertz CT molecular complexity index is 1940. The molecule has 4 saturated heterocycles. The molecule has 29 atom stereocenters. The van der Waals surface area contributed by atoms with E-state index in [-0.39, 0.29) is 46.5 Å². The summed E-state index contributed by atoms with van der Waals surface area (Å²) in [4.78, 5) is 0. The number of ether oxygens (including phenoxy) is 8. The Morgan fingerprint density at radius 2 is 1.11 bits per heavy atom. The van der Waals surface area contributed by atoms with Gasteiger partial charge in [-0.2, -0.15) is 0 Å². The van der Waals surface area contributed by atoms with Crippen molar-refractivity contribution in [2.24, 2.45) is 45.3 Å². The lowest BCUT2D eigenvalue weighted by Gasteiger charge is -2.71. The number of fused-ring (bicyclic) bond motifs is 5. The minimum absolute atomic E-state index is 0.0772. The van der Waals surface area contributed by atoms with Gasteiger partial charge in [-0.25, -0.2) is 0 Å². The highest BCUT2D eigenvalue weighted by molar-refractivity contribution is 5.20. The first-order valence-corrected chi connectivity index (χ1v) is 27.3. The van der Waals surface area contributed by atoms with Crippen molar-refractivity contribution in [1.29, 1.82) is 0 Å². The minimum atomic E-state index is -1.74. The van der Waals surface area contributed by atoms with Crippen LogP contribution in [0.4, 0.5) is 0 Å². The molecule has 0 bridgehead atoms. The highest BCUT2D eigenvalue weighted by Crippen LogP contribution is 2.76.